The molecule has 1 saturated carbocycles. The fourth-order valence-electron chi connectivity index (χ4n) is 7.10. The lowest BCUT2D eigenvalue weighted by Gasteiger charge is -2.42. The van der Waals surface area contributed by atoms with Crippen LogP contribution in [0.15, 0.2) is 42.7 Å². The number of nitriles is 1. The van der Waals surface area contributed by atoms with Gasteiger partial charge in [-0.3, -0.25) is 14.4 Å². The van der Waals surface area contributed by atoms with Gasteiger partial charge in [0.25, 0.3) is 5.91 Å². The standard InChI is InChI=1S/C36H46N8O4/c1-6-36(47,7-2)29-20-30-25(19-31(29)39-33(45)32-13-12-28-18-24(21-37)22-38-44(28)32)23-43(40-30)27-10-8-26(9-11-27)41-14-16-42(17-15-41)34(46)48-35(3,4)5/h12-13,18-20,22-23,26-27,47H,6-11,14-17H2,1-5H3,(H,39,45). The first-order valence-corrected chi connectivity index (χ1v) is 17.1. The molecule has 4 heterocycles. The minimum Gasteiger partial charge on any atom is -0.444 e. The van der Waals surface area contributed by atoms with Crippen LogP contribution in [-0.4, -0.2) is 84.1 Å². The molecule has 0 spiro atoms. The average molecular weight is 655 g/mol. The first kappa shape index (κ1) is 33.4. The van der Waals surface area contributed by atoms with Crippen molar-refractivity contribution < 1.29 is 19.4 Å². The predicted molar refractivity (Wildman–Crippen MR) is 183 cm³/mol. The van der Waals surface area contributed by atoms with Gasteiger partial charge in [0.05, 0.1) is 34.4 Å². The Morgan fingerprint density at radius 3 is 2.35 bits per heavy atom. The third-order valence-corrected chi connectivity index (χ3v) is 9.97. The molecule has 1 saturated heterocycles. The highest BCUT2D eigenvalue weighted by molar-refractivity contribution is 6.05. The zero-order valence-electron chi connectivity index (χ0n) is 28.6. The van der Waals surface area contributed by atoms with Crippen LogP contribution in [0.1, 0.15) is 101 Å². The van der Waals surface area contributed by atoms with E-state index in [1.807, 2.05) is 57.8 Å². The molecule has 12 nitrogen and oxygen atoms in total. The summed E-state index contributed by atoms with van der Waals surface area (Å²) in [6.07, 6.45) is 8.30. The van der Waals surface area contributed by atoms with Crippen molar-refractivity contribution in [2.75, 3.05) is 31.5 Å². The van der Waals surface area contributed by atoms with Crippen molar-refractivity contribution in [3.05, 3.63) is 59.5 Å². The molecule has 48 heavy (non-hydrogen) atoms. The van der Waals surface area contributed by atoms with E-state index in [0.717, 1.165) is 49.7 Å². The van der Waals surface area contributed by atoms with E-state index >= 15 is 0 Å². The van der Waals surface area contributed by atoms with Gasteiger partial charge in [0.1, 0.15) is 17.4 Å². The topological polar surface area (TPSA) is 141 Å². The number of aromatic nitrogens is 4. The maximum absolute atomic E-state index is 13.6. The lowest BCUT2D eigenvalue weighted by Crippen LogP contribution is -2.53. The highest BCUT2D eigenvalue weighted by atomic mass is 16.6. The maximum Gasteiger partial charge on any atom is 0.410 e. The SMILES string of the molecule is CCC(O)(CC)c1cc2nn(C3CCC(N4CCN(C(=O)OC(C)(C)C)CC4)CC3)cc2cc1NC(=O)c1ccc2cc(C#N)cnn12. The molecule has 254 valence electrons. The van der Waals surface area contributed by atoms with Gasteiger partial charge in [-0.25, -0.2) is 9.31 Å². The fourth-order valence-corrected chi connectivity index (χ4v) is 7.10. The second kappa shape index (κ2) is 13.2. The number of rotatable bonds is 7. The van der Waals surface area contributed by atoms with Crippen LogP contribution >= 0.6 is 0 Å². The van der Waals surface area contributed by atoms with Gasteiger partial charge in [-0.05, 0) is 89.6 Å². The summed E-state index contributed by atoms with van der Waals surface area (Å²) < 4.78 is 9.13. The van der Waals surface area contributed by atoms with Crippen molar-refractivity contribution in [1.29, 1.82) is 5.26 Å². The van der Waals surface area contributed by atoms with Gasteiger partial charge in [0, 0.05) is 55.1 Å². The number of piperazine rings is 1. The van der Waals surface area contributed by atoms with Crippen LogP contribution in [0, 0.1) is 11.3 Å². The van der Waals surface area contributed by atoms with Gasteiger partial charge in [-0.15, -0.1) is 0 Å². The smallest absolute Gasteiger partial charge is 0.410 e. The average Bonchev–Trinajstić information content (AvgIpc) is 3.71. The Balaban J connectivity index is 1.17. The summed E-state index contributed by atoms with van der Waals surface area (Å²) in [5.74, 6) is -0.361. The van der Waals surface area contributed by atoms with Gasteiger partial charge < -0.3 is 20.1 Å². The zero-order valence-corrected chi connectivity index (χ0v) is 28.6. The minimum atomic E-state index is -1.15. The van der Waals surface area contributed by atoms with Gasteiger partial charge in [0.15, 0.2) is 0 Å². The van der Waals surface area contributed by atoms with E-state index in [9.17, 15) is 20.0 Å². The van der Waals surface area contributed by atoms with E-state index in [4.69, 9.17) is 9.84 Å². The Kier molecular flexibility index (Phi) is 9.20. The molecule has 0 radical (unpaired) electrons. The van der Waals surface area contributed by atoms with Crippen molar-refractivity contribution in [1.82, 2.24) is 29.2 Å². The Hall–Kier alpha value is -4.47. The fraction of sp³-hybridized carbons (Fsp3) is 0.528. The number of carbonyl (C=O) groups excluding carboxylic acids is 2. The highest BCUT2D eigenvalue weighted by Crippen LogP contribution is 2.38. The van der Waals surface area contributed by atoms with Crippen molar-refractivity contribution >= 4 is 34.1 Å². The predicted octanol–water partition coefficient (Wildman–Crippen LogP) is 5.85. The van der Waals surface area contributed by atoms with Gasteiger partial charge in [0.2, 0.25) is 0 Å². The molecule has 2 fully saturated rings. The molecule has 3 aromatic heterocycles. The number of hydrogen-bond acceptors (Lipinski definition) is 8. The molecule has 0 bridgehead atoms. The number of benzene rings is 1. The number of anilines is 1. The van der Waals surface area contributed by atoms with E-state index in [1.165, 1.54) is 10.7 Å². The molecular weight excluding hydrogens is 608 g/mol. The maximum atomic E-state index is 13.6. The zero-order chi connectivity index (χ0) is 34.2. The van der Waals surface area contributed by atoms with Gasteiger partial charge >= 0.3 is 6.09 Å². The van der Waals surface area contributed by atoms with E-state index < -0.39 is 11.2 Å². The molecule has 12 heteroatoms. The third-order valence-electron chi connectivity index (χ3n) is 9.97. The summed E-state index contributed by atoms with van der Waals surface area (Å²) in [7, 11) is 0. The molecule has 1 aliphatic heterocycles. The second-order valence-electron chi connectivity index (χ2n) is 14.1. The first-order valence-electron chi connectivity index (χ1n) is 17.1. The van der Waals surface area contributed by atoms with E-state index in [0.29, 0.717) is 60.0 Å². The first-order chi connectivity index (χ1) is 22.9. The summed E-state index contributed by atoms with van der Waals surface area (Å²) in [6, 6.07) is 11.8. The summed E-state index contributed by atoms with van der Waals surface area (Å²) >= 11 is 0. The molecule has 2 amide bonds. The van der Waals surface area contributed by atoms with Crippen molar-refractivity contribution in [2.24, 2.45) is 0 Å². The molecular formula is C36H46N8O4. The Morgan fingerprint density at radius 2 is 1.71 bits per heavy atom. The molecule has 0 unspecified atom stereocenters. The van der Waals surface area contributed by atoms with Crippen LogP contribution in [0.3, 0.4) is 0 Å². The number of aliphatic hydroxyl groups is 1. The van der Waals surface area contributed by atoms with Crippen molar-refractivity contribution in [3.63, 3.8) is 0 Å². The summed E-state index contributed by atoms with van der Waals surface area (Å²) in [5, 5.41) is 34.1. The van der Waals surface area contributed by atoms with Crippen LogP contribution in [0.5, 0.6) is 0 Å². The largest absolute Gasteiger partial charge is 0.444 e. The van der Waals surface area contributed by atoms with E-state index in [2.05, 4.69) is 26.1 Å². The van der Waals surface area contributed by atoms with E-state index in [1.54, 1.807) is 18.2 Å². The summed E-state index contributed by atoms with van der Waals surface area (Å²) in [6.45, 7) is 12.6. The molecule has 2 aliphatic rings. The Morgan fingerprint density at radius 1 is 1.02 bits per heavy atom. The van der Waals surface area contributed by atoms with Gasteiger partial charge in [-0.1, -0.05) is 13.8 Å². The molecule has 0 atom stereocenters. The number of nitrogens with one attached hydrogen (secondary N) is 1. The monoisotopic (exact) mass is 654 g/mol. The molecule has 1 aromatic carbocycles. The number of amides is 2. The third kappa shape index (κ3) is 6.75. The Labute approximate surface area is 281 Å². The molecule has 2 N–H and O–H groups in total. The molecule has 4 aromatic rings. The van der Waals surface area contributed by atoms with Crippen LogP contribution in [0.2, 0.25) is 0 Å². The quantitative estimate of drug-likeness (QED) is 0.253. The van der Waals surface area contributed by atoms with Crippen molar-refractivity contribution in [3.8, 4) is 6.07 Å². The van der Waals surface area contributed by atoms with Crippen LogP contribution in [0.4, 0.5) is 10.5 Å². The summed E-state index contributed by atoms with van der Waals surface area (Å²) in [5.41, 5.74) is 1.71. The molecule has 1 aliphatic carbocycles. The number of fused-ring (bicyclic) bond motifs is 2. The number of hydrogen-bond donors (Lipinski definition) is 2. The molecule has 6 rings (SSSR count). The number of carbonyl (C=O) groups is 2. The van der Waals surface area contributed by atoms with Crippen LogP contribution < -0.4 is 5.32 Å². The van der Waals surface area contributed by atoms with Crippen LogP contribution in [0.25, 0.3) is 16.4 Å². The second-order valence-corrected chi connectivity index (χ2v) is 14.1. The van der Waals surface area contributed by atoms with Crippen LogP contribution in [-0.2, 0) is 10.3 Å². The minimum absolute atomic E-state index is 0.232. The number of ether oxygens (including phenoxy) is 1. The summed E-state index contributed by atoms with van der Waals surface area (Å²) in [4.78, 5) is 30.4. The lowest BCUT2D eigenvalue weighted by atomic mass is 9.86. The lowest BCUT2D eigenvalue weighted by molar-refractivity contribution is 0.00720. The highest BCUT2D eigenvalue weighted by Gasteiger charge is 2.33. The normalized spacial score (nSPS) is 19.4. The van der Waals surface area contributed by atoms with Gasteiger partial charge in [-0.2, -0.15) is 15.5 Å². The van der Waals surface area contributed by atoms with Crippen molar-refractivity contribution in [2.45, 2.75) is 96.4 Å². The Bertz CT molecular complexity index is 1850. The number of nitrogens with zero attached hydrogens (tertiary/aromatic N) is 7. The van der Waals surface area contributed by atoms with E-state index in [-0.39, 0.29) is 18.0 Å².